The van der Waals surface area contributed by atoms with E-state index in [0.717, 1.165) is 58.5 Å². The lowest BCUT2D eigenvalue weighted by Gasteiger charge is -2.33. The number of ether oxygens (including phenoxy) is 1. The van der Waals surface area contributed by atoms with Gasteiger partial charge < -0.3 is 20.5 Å². The van der Waals surface area contributed by atoms with Crippen molar-refractivity contribution >= 4 is 0 Å². The highest BCUT2D eigenvalue weighted by molar-refractivity contribution is 4.89. The van der Waals surface area contributed by atoms with Crippen LogP contribution in [0.5, 0.6) is 0 Å². The lowest BCUT2D eigenvalue weighted by molar-refractivity contribution is 0.0423. The van der Waals surface area contributed by atoms with E-state index in [2.05, 4.69) is 4.90 Å². The Kier molecular flexibility index (Phi) is 4.08. The van der Waals surface area contributed by atoms with Gasteiger partial charge in [0, 0.05) is 31.7 Å². The highest BCUT2D eigenvalue weighted by Gasteiger charge is 2.36. The molecule has 4 heteroatoms. The van der Waals surface area contributed by atoms with E-state index in [4.69, 9.17) is 10.5 Å². The molecule has 0 radical (unpaired) electrons. The zero-order valence-corrected chi connectivity index (χ0v) is 11.0. The average molecular weight is 242 g/mol. The largest absolute Gasteiger partial charge is 0.390 e. The molecule has 2 atom stereocenters. The fraction of sp³-hybridized carbons (Fsp3) is 1.00. The molecule has 0 saturated carbocycles. The molecule has 2 aliphatic rings. The standard InChI is InChI=1S/C13H26N2O2/c1-12(16)3-2-6-15(7-4-12)10-13(9-14)5-8-17-11-13/h16H,2-11,14H2,1H3. The Hall–Kier alpha value is -0.160. The van der Waals surface area contributed by atoms with E-state index in [0.29, 0.717) is 6.54 Å². The first-order chi connectivity index (χ1) is 8.05. The Labute approximate surface area is 104 Å². The Morgan fingerprint density at radius 1 is 1.29 bits per heavy atom. The van der Waals surface area contributed by atoms with Crippen LogP contribution in [0.2, 0.25) is 0 Å². The van der Waals surface area contributed by atoms with Crippen molar-refractivity contribution in [3.05, 3.63) is 0 Å². The van der Waals surface area contributed by atoms with Crippen LogP contribution in [-0.2, 0) is 4.74 Å². The molecule has 17 heavy (non-hydrogen) atoms. The smallest absolute Gasteiger partial charge is 0.0632 e. The van der Waals surface area contributed by atoms with Crippen LogP contribution in [0.25, 0.3) is 0 Å². The van der Waals surface area contributed by atoms with Crippen LogP contribution in [0.3, 0.4) is 0 Å². The van der Waals surface area contributed by atoms with Crippen molar-refractivity contribution in [1.29, 1.82) is 0 Å². The molecule has 3 N–H and O–H groups in total. The summed E-state index contributed by atoms with van der Waals surface area (Å²) >= 11 is 0. The average Bonchev–Trinajstić information content (AvgIpc) is 2.68. The van der Waals surface area contributed by atoms with Crippen LogP contribution in [-0.4, -0.2) is 55.0 Å². The summed E-state index contributed by atoms with van der Waals surface area (Å²) in [7, 11) is 0. The molecule has 0 spiro atoms. The molecule has 2 heterocycles. The number of aliphatic hydroxyl groups is 1. The Balaban J connectivity index is 1.90. The SMILES string of the molecule is CC1(O)CCCN(CC2(CN)CCOC2)CC1. The summed E-state index contributed by atoms with van der Waals surface area (Å²) in [6.07, 6.45) is 3.94. The van der Waals surface area contributed by atoms with Crippen molar-refractivity contribution in [2.75, 3.05) is 39.4 Å². The third-order valence-electron chi connectivity index (χ3n) is 4.33. The summed E-state index contributed by atoms with van der Waals surface area (Å²) in [5.74, 6) is 0. The predicted octanol–water partition coefficient (Wildman–Crippen LogP) is 0.589. The minimum Gasteiger partial charge on any atom is -0.390 e. The first kappa shape index (κ1) is 13.3. The maximum absolute atomic E-state index is 10.1. The maximum Gasteiger partial charge on any atom is 0.0632 e. The molecule has 0 aromatic carbocycles. The lowest BCUT2D eigenvalue weighted by Crippen LogP contribution is -2.43. The minimum absolute atomic E-state index is 0.163. The molecular weight excluding hydrogens is 216 g/mol. The van der Waals surface area contributed by atoms with E-state index in [9.17, 15) is 5.11 Å². The quantitative estimate of drug-likeness (QED) is 0.760. The van der Waals surface area contributed by atoms with Crippen LogP contribution in [0.4, 0.5) is 0 Å². The fourth-order valence-corrected chi connectivity index (χ4v) is 2.95. The van der Waals surface area contributed by atoms with Gasteiger partial charge in [-0.2, -0.15) is 0 Å². The number of nitrogens with zero attached hydrogens (tertiary/aromatic N) is 1. The Morgan fingerprint density at radius 3 is 2.76 bits per heavy atom. The molecular formula is C13H26N2O2. The summed E-state index contributed by atoms with van der Waals surface area (Å²) < 4.78 is 5.51. The molecule has 2 unspecified atom stereocenters. The number of hydrogen-bond donors (Lipinski definition) is 2. The number of nitrogens with two attached hydrogens (primary N) is 1. The second kappa shape index (κ2) is 5.22. The van der Waals surface area contributed by atoms with E-state index in [1.54, 1.807) is 0 Å². The Bertz CT molecular complexity index is 250. The second-order valence-electron chi connectivity index (χ2n) is 6.13. The highest BCUT2D eigenvalue weighted by Crippen LogP contribution is 2.30. The van der Waals surface area contributed by atoms with Crippen molar-refractivity contribution in [3.8, 4) is 0 Å². The van der Waals surface area contributed by atoms with E-state index in [-0.39, 0.29) is 5.41 Å². The van der Waals surface area contributed by atoms with Crippen LogP contribution in [0.15, 0.2) is 0 Å². The maximum atomic E-state index is 10.1. The summed E-state index contributed by atoms with van der Waals surface area (Å²) in [6.45, 7) is 7.40. The second-order valence-corrected chi connectivity index (χ2v) is 6.13. The molecule has 2 fully saturated rings. The monoisotopic (exact) mass is 242 g/mol. The summed E-state index contributed by atoms with van der Waals surface area (Å²) in [6, 6.07) is 0. The van der Waals surface area contributed by atoms with Crippen molar-refractivity contribution in [2.24, 2.45) is 11.1 Å². The van der Waals surface area contributed by atoms with Crippen molar-refractivity contribution in [1.82, 2.24) is 4.90 Å². The first-order valence-corrected chi connectivity index (χ1v) is 6.78. The fourth-order valence-electron chi connectivity index (χ4n) is 2.95. The van der Waals surface area contributed by atoms with E-state index >= 15 is 0 Å². The van der Waals surface area contributed by atoms with Gasteiger partial charge in [0.15, 0.2) is 0 Å². The first-order valence-electron chi connectivity index (χ1n) is 6.78. The minimum atomic E-state index is -0.475. The zero-order chi connectivity index (χ0) is 12.4. The van der Waals surface area contributed by atoms with Crippen LogP contribution in [0.1, 0.15) is 32.6 Å². The van der Waals surface area contributed by atoms with Gasteiger partial charge in [-0.25, -0.2) is 0 Å². The van der Waals surface area contributed by atoms with Gasteiger partial charge in [0.1, 0.15) is 0 Å². The molecule has 100 valence electrons. The van der Waals surface area contributed by atoms with Gasteiger partial charge >= 0.3 is 0 Å². The molecule has 2 rings (SSSR count). The molecule has 0 aromatic heterocycles. The van der Waals surface area contributed by atoms with E-state index in [1.165, 1.54) is 0 Å². The summed E-state index contributed by atoms with van der Waals surface area (Å²) in [5, 5.41) is 10.1. The number of rotatable bonds is 3. The van der Waals surface area contributed by atoms with Crippen molar-refractivity contribution in [2.45, 2.75) is 38.2 Å². The third kappa shape index (κ3) is 3.41. The number of hydrogen-bond acceptors (Lipinski definition) is 4. The van der Waals surface area contributed by atoms with Gasteiger partial charge in [-0.05, 0) is 39.2 Å². The van der Waals surface area contributed by atoms with Crippen LogP contribution < -0.4 is 5.73 Å². The van der Waals surface area contributed by atoms with Crippen molar-refractivity contribution < 1.29 is 9.84 Å². The molecule has 4 nitrogen and oxygen atoms in total. The molecule has 0 amide bonds. The van der Waals surface area contributed by atoms with Crippen LogP contribution in [0, 0.1) is 5.41 Å². The van der Waals surface area contributed by atoms with Gasteiger partial charge in [0.2, 0.25) is 0 Å². The van der Waals surface area contributed by atoms with Gasteiger partial charge in [-0.15, -0.1) is 0 Å². The van der Waals surface area contributed by atoms with Crippen molar-refractivity contribution in [3.63, 3.8) is 0 Å². The third-order valence-corrected chi connectivity index (χ3v) is 4.33. The number of likely N-dealkylation sites (tertiary alicyclic amines) is 1. The topological polar surface area (TPSA) is 58.7 Å². The van der Waals surface area contributed by atoms with Gasteiger partial charge in [0.25, 0.3) is 0 Å². The summed E-state index contributed by atoms with van der Waals surface area (Å²) in [5.41, 5.74) is 5.61. The van der Waals surface area contributed by atoms with E-state index in [1.807, 2.05) is 6.92 Å². The molecule has 0 bridgehead atoms. The van der Waals surface area contributed by atoms with Crippen LogP contribution >= 0.6 is 0 Å². The van der Waals surface area contributed by atoms with Gasteiger partial charge in [0.05, 0.1) is 12.2 Å². The summed E-state index contributed by atoms with van der Waals surface area (Å²) in [4.78, 5) is 2.46. The van der Waals surface area contributed by atoms with E-state index < -0.39 is 5.60 Å². The normalized spacial score (nSPS) is 40.4. The zero-order valence-electron chi connectivity index (χ0n) is 11.0. The van der Waals surface area contributed by atoms with Gasteiger partial charge in [-0.1, -0.05) is 0 Å². The van der Waals surface area contributed by atoms with Gasteiger partial charge in [-0.3, -0.25) is 0 Å². The lowest BCUT2D eigenvalue weighted by atomic mass is 9.86. The molecule has 2 aliphatic heterocycles. The molecule has 0 aromatic rings. The predicted molar refractivity (Wildman–Crippen MR) is 67.8 cm³/mol. The molecule has 2 saturated heterocycles. The Morgan fingerprint density at radius 2 is 2.12 bits per heavy atom. The molecule has 0 aliphatic carbocycles. The highest BCUT2D eigenvalue weighted by atomic mass is 16.5.